The normalized spacial score (nSPS) is 17.4. The Balaban J connectivity index is 2.48. The van der Waals surface area contributed by atoms with Gasteiger partial charge in [-0.25, -0.2) is 0 Å². The molecular formula is C17H21NO5S. The van der Waals surface area contributed by atoms with Gasteiger partial charge in [-0.15, -0.1) is 0 Å². The van der Waals surface area contributed by atoms with Gasteiger partial charge in [-0.2, -0.15) is 0 Å². The average molecular weight is 351 g/mol. The number of thioether (sulfide) groups is 1. The molecular weight excluding hydrogens is 330 g/mol. The maximum atomic E-state index is 12.6. The molecule has 0 aliphatic carbocycles. The molecule has 0 radical (unpaired) electrons. The van der Waals surface area contributed by atoms with Gasteiger partial charge in [0.1, 0.15) is 17.2 Å². The van der Waals surface area contributed by atoms with Gasteiger partial charge in [0.2, 0.25) is 0 Å². The predicted molar refractivity (Wildman–Crippen MR) is 93.7 cm³/mol. The molecule has 130 valence electrons. The lowest BCUT2D eigenvalue weighted by Crippen LogP contribution is -2.36. The van der Waals surface area contributed by atoms with Gasteiger partial charge in [0.15, 0.2) is 0 Å². The van der Waals surface area contributed by atoms with Crippen molar-refractivity contribution >= 4 is 29.0 Å². The summed E-state index contributed by atoms with van der Waals surface area (Å²) in [6.07, 6.45) is 2.34. The number of rotatable bonds is 6. The summed E-state index contributed by atoms with van der Waals surface area (Å²) in [5.41, 5.74) is 0.593. The Kier molecular flexibility index (Phi) is 5.77. The Labute approximate surface area is 145 Å². The molecule has 1 aliphatic rings. The smallest absolute Gasteiger partial charge is 0.293 e. The summed E-state index contributed by atoms with van der Waals surface area (Å²) >= 11 is 0.925. The summed E-state index contributed by atoms with van der Waals surface area (Å²) in [6, 6.07) is 3.27. The van der Waals surface area contributed by atoms with Gasteiger partial charge in [0, 0.05) is 18.2 Å². The first-order valence-corrected chi connectivity index (χ1v) is 8.35. The van der Waals surface area contributed by atoms with Crippen molar-refractivity contribution in [3.63, 3.8) is 0 Å². The molecule has 1 aliphatic heterocycles. The van der Waals surface area contributed by atoms with Crippen molar-refractivity contribution in [2.75, 3.05) is 21.3 Å². The number of nitrogens with zero attached hydrogens (tertiary/aromatic N) is 1. The molecule has 0 saturated carbocycles. The summed E-state index contributed by atoms with van der Waals surface area (Å²) in [7, 11) is 4.60. The number of imide groups is 1. The zero-order valence-corrected chi connectivity index (χ0v) is 15.2. The summed E-state index contributed by atoms with van der Waals surface area (Å²) in [6.45, 7) is 3.79. The second-order valence-electron chi connectivity index (χ2n) is 5.25. The first-order chi connectivity index (χ1) is 11.5. The first kappa shape index (κ1) is 18.2. The van der Waals surface area contributed by atoms with Crippen LogP contribution in [-0.2, 0) is 4.79 Å². The van der Waals surface area contributed by atoms with Crippen LogP contribution in [0.4, 0.5) is 4.79 Å². The Morgan fingerprint density at radius 3 is 2.17 bits per heavy atom. The lowest BCUT2D eigenvalue weighted by atomic mass is 10.1. The SMILES string of the molecule is CC[C@H](C)N1C(=O)S/C(=C\c2c(OC)cc(OC)cc2OC)C1=O. The summed E-state index contributed by atoms with van der Waals surface area (Å²) < 4.78 is 16.0. The van der Waals surface area contributed by atoms with E-state index in [1.54, 1.807) is 25.3 Å². The molecule has 1 aromatic rings. The molecule has 1 saturated heterocycles. The lowest BCUT2D eigenvalue weighted by molar-refractivity contribution is -0.124. The van der Waals surface area contributed by atoms with Crippen LogP contribution in [-0.4, -0.2) is 43.4 Å². The molecule has 1 fully saturated rings. The van der Waals surface area contributed by atoms with E-state index < -0.39 is 0 Å². The van der Waals surface area contributed by atoms with E-state index in [4.69, 9.17) is 14.2 Å². The molecule has 0 spiro atoms. The molecule has 24 heavy (non-hydrogen) atoms. The highest BCUT2D eigenvalue weighted by Gasteiger charge is 2.37. The van der Waals surface area contributed by atoms with Gasteiger partial charge in [0.05, 0.1) is 31.8 Å². The minimum atomic E-state index is -0.292. The average Bonchev–Trinajstić information content (AvgIpc) is 2.87. The minimum absolute atomic E-state index is 0.136. The fourth-order valence-electron chi connectivity index (χ4n) is 2.35. The topological polar surface area (TPSA) is 65.1 Å². The van der Waals surface area contributed by atoms with Crippen molar-refractivity contribution in [3.05, 3.63) is 22.6 Å². The number of carbonyl (C=O) groups is 2. The van der Waals surface area contributed by atoms with Crippen molar-refractivity contribution in [1.29, 1.82) is 0 Å². The van der Waals surface area contributed by atoms with Crippen LogP contribution in [0, 0.1) is 0 Å². The Morgan fingerprint density at radius 1 is 1.12 bits per heavy atom. The highest BCUT2D eigenvalue weighted by molar-refractivity contribution is 8.18. The van der Waals surface area contributed by atoms with Gasteiger partial charge in [0.25, 0.3) is 11.1 Å². The van der Waals surface area contributed by atoms with E-state index in [9.17, 15) is 9.59 Å². The maximum Gasteiger partial charge on any atom is 0.293 e. The van der Waals surface area contributed by atoms with Gasteiger partial charge >= 0.3 is 0 Å². The quantitative estimate of drug-likeness (QED) is 0.730. The van der Waals surface area contributed by atoms with Crippen LogP contribution in [0.5, 0.6) is 17.2 Å². The first-order valence-electron chi connectivity index (χ1n) is 7.53. The third kappa shape index (κ3) is 3.36. The lowest BCUT2D eigenvalue weighted by Gasteiger charge is -2.19. The number of ether oxygens (including phenoxy) is 3. The molecule has 1 atom stereocenters. The number of carbonyl (C=O) groups excluding carboxylic acids is 2. The third-order valence-corrected chi connectivity index (χ3v) is 4.77. The molecule has 7 heteroatoms. The number of methoxy groups -OCH3 is 3. The van der Waals surface area contributed by atoms with E-state index in [2.05, 4.69) is 0 Å². The van der Waals surface area contributed by atoms with Crippen LogP contribution in [0.15, 0.2) is 17.0 Å². The highest BCUT2D eigenvalue weighted by Crippen LogP contribution is 2.40. The van der Waals surface area contributed by atoms with Crippen LogP contribution in [0.2, 0.25) is 0 Å². The van der Waals surface area contributed by atoms with E-state index in [-0.39, 0.29) is 17.2 Å². The monoisotopic (exact) mass is 351 g/mol. The Hall–Kier alpha value is -2.15. The van der Waals surface area contributed by atoms with Crippen LogP contribution < -0.4 is 14.2 Å². The second kappa shape index (κ2) is 7.61. The number of benzene rings is 1. The molecule has 0 unspecified atom stereocenters. The molecule has 6 nitrogen and oxygen atoms in total. The van der Waals surface area contributed by atoms with E-state index in [1.807, 2.05) is 13.8 Å². The van der Waals surface area contributed by atoms with Gasteiger partial charge in [-0.05, 0) is 31.2 Å². The predicted octanol–water partition coefficient (Wildman–Crippen LogP) is 3.55. The molecule has 2 rings (SSSR count). The highest BCUT2D eigenvalue weighted by atomic mass is 32.2. The fourth-order valence-corrected chi connectivity index (χ4v) is 3.26. The number of hydrogen-bond acceptors (Lipinski definition) is 6. The van der Waals surface area contributed by atoms with Crippen molar-refractivity contribution in [1.82, 2.24) is 4.90 Å². The Morgan fingerprint density at radius 2 is 1.71 bits per heavy atom. The van der Waals surface area contributed by atoms with E-state index in [1.165, 1.54) is 19.1 Å². The van der Waals surface area contributed by atoms with Crippen LogP contribution >= 0.6 is 11.8 Å². The third-order valence-electron chi connectivity index (χ3n) is 3.88. The van der Waals surface area contributed by atoms with Crippen molar-refractivity contribution in [2.24, 2.45) is 0 Å². The van der Waals surface area contributed by atoms with Crippen molar-refractivity contribution in [2.45, 2.75) is 26.3 Å². The molecule has 1 heterocycles. The molecule has 2 amide bonds. The van der Waals surface area contributed by atoms with Crippen LogP contribution in [0.1, 0.15) is 25.8 Å². The summed E-state index contributed by atoms with van der Waals surface area (Å²) in [5, 5.41) is -0.257. The molecule has 1 aromatic carbocycles. The number of hydrogen-bond donors (Lipinski definition) is 0. The van der Waals surface area contributed by atoms with Crippen LogP contribution in [0.25, 0.3) is 6.08 Å². The fraction of sp³-hybridized carbons (Fsp3) is 0.412. The minimum Gasteiger partial charge on any atom is -0.496 e. The van der Waals surface area contributed by atoms with E-state index >= 15 is 0 Å². The van der Waals surface area contributed by atoms with Gasteiger partial charge in [-0.3, -0.25) is 14.5 Å². The zero-order chi connectivity index (χ0) is 17.9. The summed E-state index contributed by atoms with van der Waals surface area (Å²) in [4.78, 5) is 26.3. The Bertz CT molecular complexity index is 661. The summed E-state index contributed by atoms with van der Waals surface area (Å²) in [5.74, 6) is 1.29. The largest absolute Gasteiger partial charge is 0.496 e. The van der Waals surface area contributed by atoms with E-state index in [0.29, 0.717) is 34.1 Å². The molecule has 0 N–H and O–H groups in total. The second-order valence-corrected chi connectivity index (χ2v) is 6.25. The molecule has 0 aromatic heterocycles. The standard InChI is InChI=1S/C17H21NO5S/c1-6-10(2)18-16(19)15(24-17(18)20)9-12-13(22-4)7-11(21-3)8-14(12)23-5/h7-10H,6H2,1-5H3/b15-9-/t10-/m0/s1. The van der Waals surface area contributed by atoms with E-state index in [0.717, 1.165) is 11.8 Å². The van der Waals surface area contributed by atoms with Crippen molar-refractivity contribution < 1.29 is 23.8 Å². The van der Waals surface area contributed by atoms with Gasteiger partial charge in [-0.1, -0.05) is 6.92 Å². The molecule has 0 bridgehead atoms. The van der Waals surface area contributed by atoms with Gasteiger partial charge < -0.3 is 14.2 Å². The maximum absolute atomic E-state index is 12.6. The van der Waals surface area contributed by atoms with Crippen LogP contribution in [0.3, 0.4) is 0 Å². The number of amides is 2. The van der Waals surface area contributed by atoms with Crippen molar-refractivity contribution in [3.8, 4) is 17.2 Å². The zero-order valence-electron chi connectivity index (χ0n) is 14.4.